The molecule has 1 fully saturated rings. The summed E-state index contributed by atoms with van der Waals surface area (Å²) in [5.41, 5.74) is 6.00. The number of aliphatic hydroxyl groups excluding tert-OH is 1. The molecular formula is C13H27NO2. The van der Waals surface area contributed by atoms with E-state index in [4.69, 9.17) is 10.5 Å². The van der Waals surface area contributed by atoms with E-state index in [-0.39, 0.29) is 23.2 Å². The Labute approximate surface area is 99.4 Å². The summed E-state index contributed by atoms with van der Waals surface area (Å²) < 4.78 is 5.87. The highest BCUT2D eigenvalue weighted by Crippen LogP contribution is 2.48. The fraction of sp³-hybridized carbons (Fsp3) is 1.00. The van der Waals surface area contributed by atoms with Gasteiger partial charge in [-0.2, -0.15) is 0 Å². The summed E-state index contributed by atoms with van der Waals surface area (Å²) in [4.78, 5) is 0. The SMILES string of the molecule is CCC1(C)CC(CCO)(C(C)(C)N)CCO1. The number of hydrogen-bond donors (Lipinski definition) is 2. The molecule has 0 bridgehead atoms. The molecule has 3 heteroatoms. The van der Waals surface area contributed by atoms with Crippen LogP contribution in [0.5, 0.6) is 0 Å². The Morgan fingerprint density at radius 3 is 2.50 bits per heavy atom. The molecule has 2 unspecified atom stereocenters. The Bertz CT molecular complexity index is 233. The van der Waals surface area contributed by atoms with E-state index in [2.05, 4.69) is 27.7 Å². The summed E-state index contributed by atoms with van der Waals surface area (Å²) in [6.45, 7) is 9.42. The topological polar surface area (TPSA) is 55.5 Å². The molecule has 3 nitrogen and oxygen atoms in total. The number of nitrogens with two attached hydrogens (primary N) is 1. The van der Waals surface area contributed by atoms with Gasteiger partial charge in [-0.1, -0.05) is 6.92 Å². The average Bonchev–Trinajstić information content (AvgIpc) is 2.17. The van der Waals surface area contributed by atoms with Crippen LogP contribution in [0.3, 0.4) is 0 Å². The summed E-state index contributed by atoms with van der Waals surface area (Å²) in [6.07, 6.45) is 3.67. The zero-order chi connectivity index (χ0) is 12.4. The van der Waals surface area contributed by atoms with Crippen LogP contribution in [0.4, 0.5) is 0 Å². The van der Waals surface area contributed by atoms with Crippen LogP contribution in [-0.4, -0.2) is 29.5 Å². The molecule has 1 saturated heterocycles. The molecule has 0 amide bonds. The third-order valence-electron chi connectivity index (χ3n) is 4.45. The van der Waals surface area contributed by atoms with Gasteiger partial charge in [0.15, 0.2) is 0 Å². The summed E-state index contributed by atoms with van der Waals surface area (Å²) in [6, 6.07) is 0. The fourth-order valence-corrected chi connectivity index (χ4v) is 2.87. The Balaban J connectivity index is 2.93. The van der Waals surface area contributed by atoms with Gasteiger partial charge in [-0.15, -0.1) is 0 Å². The molecule has 0 aromatic rings. The predicted octanol–water partition coefficient (Wildman–Crippen LogP) is 2.07. The van der Waals surface area contributed by atoms with E-state index in [9.17, 15) is 5.11 Å². The van der Waals surface area contributed by atoms with Gasteiger partial charge in [0.05, 0.1) is 5.60 Å². The molecule has 2 atom stereocenters. The van der Waals surface area contributed by atoms with Gasteiger partial charge in [0.25, 0.3) is 0 Å². The second-order valence-corrected chi connectivity index (χ2v) is 6.05. The van der Waals surface area contributed by atoms with Crippen molar-refractivity contribution in [3.8, 4) is 0 Å². The fourth-order valence-electron chi connectivity index (χ4n) is 2.87. The Morgan fingerprint density at radius 1 is 1.44 bits per heavy atom. The van der Waals surface area contributed by atoms with Crippen molar-refractivity contribution in [1.29, 1.82) is 0 Å². The van der Waals surface area contributed by atoms with Gasteiger partial charge < -0.3 is 15.6 Å². The van der Waals surface area contributed by atoms with Crippen LogP contribution < -0.4 is 5.73 Å². The first-order valence-corrected chi connectivity index (χ1v) is 6.32. The predicted molar refractivity (Wildman–Crippen MR) is 66.3 cm³/mol. The molecule has 16 heavy (non-hydrogen) atoms. The molecule has 1 aliphatic rings. The second-order valence-electron chi connectivity index (χ2n) is 6.05. The summed E-state index contributed by atoms with van der Waals surface area (Å²) in [5, 5.41) is 9.29. The lowest BCUT2D eigenvalue weighted by Gasteiger charge is -2.52. The quantitative estimate of drug-likeness (QED) is 0.776. The first-order valence-electron chi connectivity index (χ1n) is 6.32. The molecule has 0 aromatic heterocycles. The van der Waals surface area contributed by atoms with Crippen LogP contribution in [0.25, 0.3) is 0 Å². The maximum atomic E-state index is 9.29. The molecule has 96 valence electrons. The summed E-state index contributed by atoms with van der Waals surface area (Å²) in [7, 11) is 0. The molecular weight excluding hydrogens is 202 g/mol. The van der Waals surface area contributed by atoms with Gasteiger partial charge in [-0.05, 0) is 51.9 Å². The van der Waals surface area contributed by atoms with E-state index in [1.165, 1.54) is 0 Å². The van der Waals surface area contributed by atoms with E-state index >= 15 is 0 Å². The number of hydrogen-bond acceptors (Lipinski definition) is 3. The zero-order valence-electron chi connectivity index (χ0n) is 11.2. The van der Waals surface area contributed by atoms with Crippen molar-refractivity contribution in [1.82, 2.24) is 0 Å². The molecule has 1 rings (SSSR count). The van der Waals surface area contributed by atoms with Crippen LogP contribution >= 0.6 is 0 Å². The molecule has 0 radical (unpaired) electrons. The highest BCUT2D eigenvalue weighted by atomic mass is 16.5. The monoisotopic (exact) mass is 229 g/mol. The van der Waals surface area contributed by atoms with E-state index in [1.54, 1.807) is 0 Å². The average molecular weight is 229 g/mol. The number of aliphatic hydroxyl groups is 1. The van der Waals surface area contributed by atoms with Gasteiger partial charge in [0, 0.05) is 18.8 Å². The standard InChI is InChI=1S/C13H27NO2/c1-5-12(4)10-13(6-8-15,7-9-16-12)11(2,3)14/h15H,5-10,14H2,1-4H3. The minimum absolute atomic E-state index is 0.00472. The van der Waals surface area contributed by atoms with Crippen molar-refractivity contribution in [3.63, 3.8) is 0 Å². The smallest absolute Gasteiger partial charge is 0.0657 e. The van der Waals surface area contributed by atoms with Gasteiger partial charge in [0.1, 0.15) is 0 Å². The maximum absolute atomic E-state index is 9.29. The van der Waals surface area contributed by atoms with Crippen LogP contribution in [0.2, 0.25) is 0 Å². The van der Waals surface area contributed by atoms with Gasteiger partial charge in [-0.3, -0.25) is 0 Å². The Hall–Kier alpha value is -0.120. The minimum atomic E-state index is -0.268. The molecule has 3 N–H and O–H groups in total. The molecule has 0 aromatic carbocycles. The van der Waals surface area contributed by atoms with Gasteiger partial charge in [-0.25, -0.2) is 0 Å². The van der Waals surface area contributed by atoms with Crippen molar-refractivity contribution in [2.75, 3.05) is 13.2 Å². The highest BCUT2D eigenvalue weighted by molar-refractivity contribution is 5.02. The van der Waals surface area contributed by atoms with E-state index in [0.717, 1.165) is 32.3 Å². The second kappa shape index (κ2) is 4.63. The minimum Gasteiger partial charge on any atom is -0.396 e. The highest BCUT2D eigenvalue weighted by Gasteiger charge is 2.49. The molecule has 1 heterocycles. The van der Waals surface area contributed by atoms with Gasteiger partial charge in [0.2, 0.25) is 0 Å². The molecule has 0 spiro atoms. The largest absolute Gasteiger partial charge is 0.396 e. The van der Waals surface area contributed by atoms with Crippen molar-refractivity contribution in [2.45, 2.75) is 64.5 Å². The Morgan fingerprint density at radius 2 is 2.06 bits per heavy atom. The first kappa shape index (κ1) is 13.9. The third-order valence-corrected chi connectivity index (χ3v) is 4.45. The third kappa shape index (κ3) is 2.58. The van der Waals surface area contributed by atoms with Crippen molar-refractivity contribution >= 4 is 0 Å². The molecule has 0 aliphatic carbocycles. The number of rotatable bonds is 4. The maximum Gasteiger partial charge on any atom is 0.0657 e. The lowest BCUT2D eigenvalue weighted by atomic mass is 9.61. The first-order chi connectivity index (χ1) is 7.29. The molecule has 0 saturated carbocycles. The van der Waals surface area contributed by atoms with Crippen LogP contribution in [0, 0.1) is 5.41 Å². The van der Waals surface area contributed by atoms with Crippen molar-refractivity contribution in [3.05, 3.63) is 0 Å². The number of ether oxygens (including phenoxy) is 1. The van der Waals surface area contributed by atoms with Crippen LogP contribution in [0.1, 0.15) is 53.4 Å². The Kier molecular flexibility index (Phi) is 4.04. The van der Waals surface area contributed by atoms with Crippen LogP contribution in [-0.2, 0) is 4.74 Å². The zero-order valence-corrected chi connectivity index (χ0v) is 11.2. The lowest BCUT2D eigenvalue weighted by Crippen LogP contribution is -2.57. The van der Waals surface area contributed by atoms with E-state index in [1.807, 2.05) is 0 Å². The van der Waals surface area contributed by atoms with Crippen molar-refractivity contribution < 1.29 is 9.84 Å². The van der Waals surface area contributed by atoms with Crippen molar-refractivity contribution in [2.24, 2.45) is 11.1 Å². The lowest BCUT2D eigenvalue weighted by molar-refractivity contribution is -0.140. The van der Waals surface area contributed by atoms with E-state index in [0.29, 0.717) is 0 Å². The molecule has 1 aliphatic heterocycles. The van der Waals surface area contributed by atoms with Crippen LogP contribution in [0.15, 0.2) is 0 Å². The van der Waals surface area contributed by atoms with Gasteiger partial charge >= 0.3 is 0 Å². The van der Waals surface area contributed by atoms with E-state index < -0.39 is 0 Å². The summed E-state index contributed by atoms with van der Waals surface area (Å²) >= 11 is 0. The summed E-state index contributed by atoms with van der Waals surface area (Å²) in [5.74, 6) is 0. The normalized spacial score (nSPS) is 36.4.